The van der Waals surface area contributed by atoms with E-state index in [1.165, 1.54) is 38.5 Å². The van der Waals surface area contributed by atoms with Gasteiger partial charge in [0.1, 0.15) is 6.61 Å². The molecule has 0 spiro atoms. The fourth-order valence-corrected chi connectivity index (χ4v) is 6.48. The summed E-state index contributed by atoms with van der Waals surface area (Å²) in [4.78, 5) is 24.4. The van der Waals surface area contributed by atoms with Crippen LogP contribution in [0.1, 0.15) is 194 Å². The molecule has 0 aliphatic carbocycles. The van der Waals surface area contributed by atoms with E-state index in [1.54, 1.807) is 0 Å². The molecule has 0 radical (unpaired) electrons. The van der Waals surface area contributed by atoms with Gasteiger partial charge in [-0.25, -0.2) is 0 Å². The summed E-state index contributed by atoms with van der Waals surface area (Å²) in [5.41, 5.74) is 0. The lowest BCUT2D eigenvalue weighted by Gasteiger charge is -2.15. The normalized spacial score (nSPS) is 13.6. The molecule has 0 rings (SSSR count). The minimum Gasteiger partial charge on any atom is -0.462 e. The first-order chi connectivity index (χ1) is 32.6. The van der Waals surface area contributed by atoms with E-state index in [0.717, 1.165) is 128 Å². The third kappa shape index (κ3) is 52.1. The number of unbranched alkanes of at least 4 members (excludes halogenated alkanes) is 11. The molecule has 1 N–H and O–H groups in total. The molecule has 0 aromatic carbocycles. The summed E-state index contributed by atoms with van der Waals surface area (Å²) in [5.74, 6) is -0.660. The van der Waals surface area contributed by atoms with Crippen LogP contribution >= 0.6 is 0 Å². The highest BCUT2D eigenvalue weighted by Crippen LogP contribution is 2.13. The van der Waals surface area contributed by atoms with E-state index in [-0.39, 0.29) is 25.2 Å². The van der Waals surface area contributed by atoms with Crippen molar-refractivity contribution in [3.05, 3.63) is 158 Å². The Balaban J connectivity index is 3.64. The maximum atomic E-state index is 12.3. The van der Waals surface area contributed by atoms with E-state index in [1.807, 2.05) is 0 Å². The van der Waals surface area contributed by atoms with Gasteiger partial charge >= 0.3 is 11.9 Å². The van der Waals surface area contributed by atoms with Crippen molar-refractivity contribution < 1.29 is 24.2 Å². The van der Waals surface area contributed by atoms with Gasteiger partial charge in [-0.2, -0.15) is 0 Å². The fraction of sp³-hybridized carbons (Fsp3) is 0.541. The monoisotopic (exact) mass is 907 g/mol. The van der Waals surface area contributed by atoms with Gasteiger partial charge < -0.3 is 14.6 Å². The maximum absolute atomic E-state index is 12.3. The first kappa shape index (κ1) is 61.5. The lowest BCUT2D eigenvalue weighted by atomic mass is 10.1. The summed E-state index contributed by atoms with van der Waals surface area (Å²) in [6.07, 6.45) is 84.9. The number of rotatable bonds is 45. The van der Waals surface area contributed by atoms with E-state index in [0.29, 0.717) is 12.8 Å². The van der Waals surface area contributed by atoms with Gasteiger partial charge in [0.05, 0.1) is 6.61 Å². The smallest absolute Gasteiger partial charge is 0.306 e. The topological polar surface area (TPSA) is 72.8 Å². The molecule has 0 heterocycles. The number of carbonyl (C=O) groups excluding carboxylic acids is 2. The van der Waals surface area contributed by atoms with Crippen LogP contribution in [0, 0.1) is 0 Å². The van der Waals surface area contributed by atoms with Crippen molar-refractivity contribution in [1.29, 1.82) is 0 Å². The van der Waals surface area contributed by atoms with E-state index >= 15 is 0 Å². The van der Waals surface area contributed by atoms with Crippen molar-refractivity contribution in [3.63, 3.8) is 0 Å². The van der Waals surface area contributed by atoms with Crippen LogP contribution in [-0.2, 0) is 19.1 Å². The van der Waals surface area contributed by atoms with Gasteiger partial charge in [0.15, 0.2) is 6.10 Å². The average Bonchev–Trinajstić information content (AvgIpc) is 3.32. The predicted octanol–water partition coefficient (Wildman–Crippen LogP) is 17.6. The van der Waals surface area contributed by atoms with Crippen molar-refractivity contribution in [1.82, 2.24) is 0 Å². The highest BCUT2D eigenvalue weighted by atomic mass is 16.6. The summed E-state index contributed by atoms with van der Waals surface area (Å²) in [6.45, 7) is 3.85. The molecule has 66 heavy (non-hydrogen) atoms. The minimum atomic E-state index is -0.804. The molecule has 0 aromatic rings. The summed E-state index contributed by atoms with van der Waals surface area (Å²) >= 11 is 0. The van der Waals surface area contributed by atoms with Crippen LogP contribution in [0.4, 0.5) is 0 Å². The van der Waals surface area contributed by atoms with Crippen molar-refractivity contribution >= 4 is 11.9 Å². The second kappa shape index (κ2) is 54.9. The number of carbonyl (C=O) groups is 2. The van der Waals surface area contributed by atoms with E-state index < -0.39 is 6.10 Å². The molecule has 0 aromatic heterocycles. The number of aliphatic hydroxyl groups excluding tert-OH is 1. The van der Waals surface area contributed by atoms with Crippen LogP contribution in [0.2, 0.25) is 0 Å². The molecule has 0 saturated carbocycles. The quantitative estimate of drug-likeness (QED) is 0.0374. The Hall–Kier alpha value is -4.48. The molecule has 0 fully saturated rings. The van der Waals surface area contributed by atoms with Crippen LogP contribution in [0.5, 0.6) is 0 Å². The zero-order valence-corrected chi connectivity index (χ0v) is 41.9. The highest BCUT2D eigenvalue weighted by Gasteiger charge is 2.16. The van der Waals surface area contributed by atoms with Gasteiger partial charge in [-0.15, -0.1) is 0 Å². The first-order valence-electron chi connectivity index (χ1n) is 26.0. The number of aliphatic hydroxyl groups is 1. The Morgan fingerprint density at radius 3 is 0.939 bits per heavy atom. The molecule has 5 heteroatoms. The average molecular weight is 907 g/mol. The molecule has 368 valence electrons. The van der Waals surface area contributed by atoms with Gasteiger partial charge in [0, 0.05) is 12.8 Å². The summed E-state index contributed by atoms with van der Waals surface area (Å²) in [5, 5.41) is 9.61. The maximum Gasteiger partial charge on any atom is 0.306 e. The number of ether oxygens (including phenoxy) is 2. The second-order valence-corrected chi connectivity index (χ2v) is 16.5. The van der Waals surface area contributed by atoms with Crippen molar-refractivity contribution in [3.8, 4) is 0 Å². The predicted molar refractivity (Wildman–Crippen MR) is 287 cm³/mol. The Bertz CT molecular complexity index is 1490. The molecule has 0 aliphatic rings. The Labute approximate surface area is 405 Å². The molecular weight excluding hydrogens is 813 g/mol. The van der Waals surface area contributed by atoms with Crippen LogP contribution in [-0.4, -0.2) is 36.4 Å². The van der Waals surface area contributed by atoms with Crippen molar-refractivity contribution in [2.24, 2.45) is 0 Å². The van der Waals surface area contributed by atoms with E-state index in [4.69, 9.17) is 9.47 Å². The molecule has 0 aliphatic heterocycles. The number of esters is 2. The molecule has 0 bridgehead atoms. The van der Waals surface area contributed by atoms with Crippen LogP contribution in [0.15, 0.2) is 158 Å². The Morgan fingerprint density at radius 1 is 0.348 bits per heavy atom. The zero-order valence-electron chi connectivity index (χ0n) is 41.9. The van der Waals surface area contributed by atoms with Crippen LogP contribution in [0.3, 0.4) is 0 Å². The number of allylic oxidation sites excluding steroid dienone is 26. The number of hydrogen-bond donors (Lipinski definition) is 1. The second-order valence-electron chi connectivity index (χ2n) is 16.5. The Morgan fingerprint density at radius 2 is 0.606 bits per heavy atom. The summed E-state index contributed by atoms with van der Waals surface area (Å²) in [6, 6.07) is 0. The molecule has 1 atom stereocenters. The molecule has 1 unspecified atom stereocenters. The molecular formula is C61H94O5. The summed E-state index contributed by atoms with van der Waals surface area (Å²) < 4.78 is 10.6. The largest absolute Gasteiger partial charge is 0.462 e. The van der Waals surface area contributed by atoms with Gasteiger partial charge in [-0.3, -0.25) is 9.59 Å². The lowest BCUT2D eigenvalue weighted by molar-refractivity contribution is -0.161. The van der Waals surface area contributed by atoms with Gasteiger partial charge in [-0.05, 0) is 122 Å². The third-order valence-corrected chi connectivity index (χ3v) is 10.3. The summed E-state index contributed by atoms with van der Waals surface area (Å²) in [7, 11) is 0. The van der Waals surface area contributed by atoms with Gasteiger partial charge in [0.25, 0.3) is 0 Å². The van der Waals surface area contributed by atoms with Crippen molar-refractivity contribution in [2.75, 3.05) is 13.2 Å². The SMILES string of the molecule is CC/C=C\C/C=C\C/C=C\C/C=C\C/C=C\C/C=C\C/C=C\C/C=C\C/C=C\CCCCCCCCCCCC(=O)OC(CO)COC(=O)CCCC/C=C\C/C=C\C/C=C\C/C=C\CC. The standard InChI is InChI=1S/C61H94O5/c1-3-5-7-9-11-13-15-17-19-20-21-22-23-24-25-26-27-28-29-30-31-32-33-34-35-36-37-38-39-40-42-44-46-48-50-52-54-56-61(64)66-59(57-62)58-65-60(63)55-53-51-49-47-45-43-41-18-16-14-12-10-8-6-4-2/h5-8,11-14,17-19,21-22,24-25,27-28,30-31,33-34,36-37,41,45,47,59,62H,3-4,9-10,15-16,20,23,26,29,32,35,38-40,42-44,46,48-58H2,1-2H3/b7-5-,8-6-,13-11-,14-12-,19-17-,22-21-,25-24-,28-27-,31-30-,34-33-,37-36-,41-18-,47-45-. The Kier molecular flexibility index (Phi) is 51.1. The zero-order chi connectivity index (χ0) is 47.7. The molecule has 5 nitrogen and oxygen atoms in total. The van der Waals surface area contributed by atoms with E-state index in [2.05, 4.69) is 172 Å². The van der Waals surface area contributed by atoms with Crippen LogP contribution in [0.25, 0.3) is 0 Å². The fourth-order valence-electron chi connectivity index (χ4n) is 6.48. The van der Waals surface area contributed by atoms with Crippen molar-refractivity contribution in [2.45, 2.75) is 200 Å². The van der Waals surface area contributed by atoms with Crippen LogP contribution < -0.4 is 0 Å². The highest BCUT2D eigenvalue weighted by molar-refractivity contribution is 5.70. The van der Waals surface area contributed by atoms with Gasteiger partial charge in [0.2, 0.25) is 0 Å². The first-order valence-corrected chi connectivity index (χ1v) is 26.0. The third-order valence-electron chi connectivity index (χ3n) is 10.3. The number of hydrogen-bond acceptors (Lipinski definition) is 5. The van der Waals surface area contributed by atoms with E-state index in [9.17, 15) is 14.7 Å². The molecule has 0 amide bonds. The minimum absolute atomic E-state index is 0.0999. The van der Waals surface area contributed by atoms with Gasteiger partial charge in [-0.1, -0.05) is 217 Å². The lowest BCUT2D eigenvalue weighted by Crippen LogP contribution is -2.28. The molecule has 0 saturated heterocycles.